The molecule has 0 saturated heterocycles. The number of aliphatic hydroxyl groups excluding tert-OH is 2. The Morgan fingerprint density at radius 2 is 1.69 bits per heavy atom. The van der Waals surface area contributed by atoms with E-state index in [1.165, 1.54) is 25.7 Å². The average Bonchev–Trinajstić information content (AvgIpc) is 3.00. The molecule has 4 rings (SSSR count). The molecule has 0 spiro atoms. The molecule has 4 saturated carbocycles. The van der Waals surface area contributed by atoms with Gasteiger partial charge in [-0.2, -0.15) is 0 Å². The molecule has 10 unspecified atom stereocenters. The third-order valence-electron chi connectivity index (χ3n) is 10.7. The monoisotopic (exact) mass is 406 g/mol. The predicted octanol–water partition coefficient (Wildman–Crippen LogP) is 5.16. The highest BCUT2D eigenvalue weighted by Crippen LogP contribution is 2.68. The fraction of sp³-hybridized carbons (Fsp3) is 1.00. The SMILES string of the molecule is CC(CCC(C)(C)O)C1CCC2C3CCC4CC(O)CCC4(C)C3CC(O)C12C. The molecule has 0 amide bonds. The van der Waals surface area contributed by atoms with E-state index in [1.54, 1.807) is 0 Å². The summed E-state index contributed by atoms with van der Waals surface area (Å²) in [6.45, 7) is 11.1. The van der Waals surface area contributed by atoms with Crippen molar-refractivity contribution < 1.29 is 15.3 Å². The van der Waals surface area contributed by atoms with Crippen LogP contribution in [-0.2, 0) is 0 Å². The largest absolute Gasteiger partial charge is 0.393 e. The van der Waals surface area contributed by atoms with Crippen LogP contribution in [0.4, 0.5) is 0 Å². The highest BCUT2D eigenvalue weighted by molar-refractivity contribution is 5.12. The van der Waals surface area contributed by atoms with Gasteiger partial charge in [0.2, 0.25) is 0 Å². The van der Waals surface area contributed by atoms with Gasteiger partial charge in [0.25, 0.3) is 0 Å². The van der Waals surface area contributed by atoms with E-state index in [0.717, 1.165) is 44.4 Å². The number of hydrogen-bond acceptors (Lipinski definition) is 3. The predicted molar refractivity (Wildman–Crippen MR) is 117 cm³/mol. The topological polar surface area (TPSA) is 60.7 Å². The molecule has 3 heteroatoms. The van der Waals surface area contributed by atoms with Crippen molar-refractivity contribution >= 4 is 0 Å². The summed E-state index contributed by atoms with van der Waals surface area (Å²) in [5.41, 5.74) is -0.241. The number of rotatable bonds is 4. The smallest absolute Gasteiger partial charge is 0.0602 e. The van der Waals surface area contributed by atoms with Crippen molar-refractivity contribution in [3.8, 4) is 0 Å². The van der Waals surface area contributed by atoms with Crippen LogP contribution in [0.5, 0.6) is 0 Å². The molecule has 29 heavy (non-hydrogen) atoms. The summed E-state index contributed by atoms with van der Waals surface area (Å²) >= 11 is 0. The molecule has 0 aromatic carbocycles. The van der Waals surface area contributed by atoms with Crippen molar-refractivity contribution in [2.24, 2.45) is 46.3 Å². The highest BCUT2D eigenvalue weighted by Gasteiger charge is 2.63. The lowest BCUT2D eigenvalue weighted by Crippen LogP contribution is -2.58. The van der Waals surface area contributed by atoms with Crippen LogP contribution < -0.4 is 0 Å². The van der Waals surface area contributed by atoms with E-state index in [2.05, 4.69) is 20.8 Å². The van der Waals surface area contributed by atoms with E-state index in [9.17, 15) is 15.3 Å². The highest BCUT2D eigenvalue weighted by atomic mass is 16.3. The molecule has 4 aliphatic carbocycles. The van der Waals surface area contributed by atoms with Crippen molar-refractivity contribution in [3.05, 3.63) is 0 Å². The van der Waals surface area contributed by atoms with Crippen LogP contribution in [0.2, 0.25) is 0 Å². The van der Waals surface area contributed by atoms with Crippen LogP contribution in [0.3, 0.4) is 0 Å². The van der Waals surface area contributed by atoms with E-state index in [-0.39, 0.29) is 17.6 Å². The number of hydrogen-bond donors (Lipinski definition) is 3. The molecule has 0 aromatic heterocycles. The summed E-state index contributed by atoms with van der Waals surface area (Å²) in [6.07, 6.45) is 10.7. The van der Waals surface area contributed by atoms with E-state index in [4.69, 9.17) is 0 Å². The van der Waals surface area contributed by atoms with Gasteiger partial charge in [0.1, 0.15) is 0 Å². The summed E-state index contributed by atoms with van der Waals surface area (Å²) in [6, 6.07) is 0. The first-order valence-corrected chi connectivity index (χ1v) is 12.6. The number of fused-ring (bicyclic) bond motifs is 5. The summed E-state index contributed by atoms with van der Waals surface area (Å²) in [5.74, 6) is 3.81. The summed E-state index contributed by atoms with van der Waals surface area (Å²) in [5, 5.41) is 32.0. The Labute approximate surface area is 178 Å². The van der Waals surface area contributed by atoms with Crippen LogP contribution in [0.15, 0.2) is 0 Å². The van der Waals surface area contributed by atoms with Gasteiger partial charge in [0, 0.05) is 0 Å². The van der Waals surface area contributed by atoms with E-state index in [1.807, 2.05) is 13.8 Å². The lowest BCUT2D eigenvalue weighted by atomic mass is 9.43. The molecule has 168 valence electrons. The zero-order valence-corrected chi connectivity index (χ0v) is 19.5. The third kappa shape index (κ3) is 3.61. The molecule has 4 aliphatic rings. The standard InChI is InChI=1S/C26H46O3/c1-16(10-12-24(2,3)29)20-8-9-21-19-7-6-17-14-18(27)11-13-25(17,4)22(19)15-23(28)26(20,21)5/h16-23,27-29H,6-15H2,1-5H3. The van der Waals surface area contributed by atoms with Crippen LogP contribution in [0, 0.1) is 46.3 Å². The first-order valence-electron chi connectivity index (χ1n) is 12.6. The van der Waals surface area contributed by atoms with Crippen molar-refractivity contribution in [2.45, 2.75) is 117 Å². The van der Waals surface area contributed by atoms with Crippen LogP contribution in [0.25, 0.3) is 0 Å². The Morgan fingerprint density at radius 3 is 2.38 bits per heavy atom. The third-order valence-corrected chi connectivity index (χ3v) is 10.7. The van der Waals surface area contributed by atoms with Gasteiger partial charge in [-0.25, -0.2) is 0 Å². The van der Waals surface area contributed by atoms with Crippen LogP contribution >= 0.6 is 0 Å². The molecule has 0 heterocycles. The van der Waals surface area contributed by atoms with Gasteiger partial charge in [-0.3, -0.25) is 0 Å². The number of aliphatic hydroxyl groups is 3. The lowest BCUT2D eigenvalue weighted by Gasteiger charge is -2.62. The van der Waals surface area contributed by atoms with Gasteiger partial charge in [-0.15, -0.1) is 0 Å². The molecule has 0 aliphatic heterocycles. The average molecular weight is 407 g/mol. The molecule has 0 bridgehead atoms. The van der Waals surface area contributed by atoms with E-state index in [0.29, 0.717) is 35.0 Å². The van der Waals surface area contributed by atoms with Crippen molar-refractivity contribution in [1.82, 2.24) is 0 Å². The van der Waals surface area contributed by atoms with Crippen LogP contribution in [0.1, 0.15) is 98.8 Å². The maximum atomic E-state index is 11.6. The molecule has 3 nitrogen and oxygen atoms in total. The second-order valence-corrected chi connectivity index (χ2v) is 12.7. The minimum Gasteiger partial charge on any atom is -0.393 e. The maximum Gasteiger partial charge on any atom is 0.0602 e. The second-order valence-electron chi connectivity index (χ2n) is 12.7. The van der Waals surface area contributed by atoms with Gasteiger partial charge in [-0.1, -0.05) is 20.8 Å². The zero-order chi connectivity index (χ0) is 21.2. The molecule has 0 aromatic rings. The lowest BCUT2D eigenvalue weighted by molar-refractivity contribution is -0.175. The summed E-state index contributed by atoms with van der Waals surface area (Å²) in [7, 11) is 0. The molecule has 3 N–H and O–H groups in total. The maximum absolute atomic E-state index is 11.6. The van der Waals surface area contributed by atoms with Crippen LogP contribution in [-0.4, -0.2) is 33.1 Å². The van der Waals surface area contributed by atoms with Crippen molar-refractivity contribution in [2.75, 3.05) is 0 Å². The first kappa shape index (κ1) is 22.1. The fourth-order valence-corrected chi connectivity index (χ4v) is 8.94. The minimum atomic E-state index is -0.595. The molecular formula is C26H46O3. The Bertz CT molecular complexity index is 597. The molecule has 4 fully saturated rings. The Hall–Kier alpha value is -0.120. The van der Waals surface area contributed by atoms with Gasteiger partial charge in [-0.05, 0) is 124 Å². The van der Waals surface area contributed by atoms with Gasteiger partial charge in [0.15, 0.2) is 0 Å². The molecule has 0 radical (unpaired) electrons. The molecule has 10 atom stereocenters. The molecular weight excluding hydrogens is 360 g/mol. The minimum absolute atomic E-state index is 0.0392. The summed E-state index contributed by atoms with van der Waals surface area (Å²) in [4.78, 5) is 0. The van der Waals surface area contributed by atoms with E-state index < -0.39 is 5.60 Å². The zero-order valence-electron chi connectivity index (χ0n) is 19.5. The normalized spacial score (nSPS) is 51.1. The van der Waals surface area contributed by atoms with Gasteiger partial charge < -0.3 is 15.3 Å². The van der Waals surface area contributed by atoms with Crippen molar-refractivity contribution in [3.63, 3.8) is 0 Å². The fourth-order valence-electron chi connectivity index (χ4n) is 8.94. The van der Waals surface area contributed by atoms with Crippen molar-refractivity contribution in [1.29, 1.82) is 0 Å². The summed E-state index contributed by atoms with van der Waals surface area (Å²) < 4.78 is 0. The first-order chi connectivity index (χ1) is 13.5. The Morgan fingerprint density at radius 1 is 0.966 bits per heavy atom. The van der Waals surface area contributed by atoms with E-state index >= 15 is 0 Å². The quantitative estimate of drug-likeness (QED) is 0.604. The second kappa shape index (κ2) is 7.48. The van der Waals surface area contributed by atoms with Gasteiger partial charge in [0.05, 0.1) is 17.8 Å². The Balaban J connectivity index is 1.54. The van der Waals surface area contributed by atoms with Gasteiger partial charge >= 0.3 is 0 Å². The Kier molecular flexibility index (Phi) is 5.70.